The Hall–Kier alpha value is -1.26. The third-order valence-electron chi connectivity index (χ3n) is 5.43. The van der Waals surface area contributed by atoms with E-state index in [0.29, 0.717) is 19.6 Å². The van der Waals surface area contributed by atoms with E-state index in [2.05, 4.69) is 6.92 Å². The summed E-state index contributed by atoms with van der Waals surface area (Å²) >= 11 is 0. The van der Waals surface area contributed by atoms with E-state index in [1.165, 1.54) is 82.6 Å². The SMILES string of the molecule is CCCCCCCCCCCCCCCOC(=O)[C@@H]1CCCN1C(=O)OC. The summed E-state index contributed by atoms with van der Waals surface area (Å²) in [5.74, 6) is -0.281. The summed E-state index contributed by atoms with van der Waals surface area (Å²) in [4.78, 5) is 25.2. The number of amides is 1. The molecule has 1 saturated heterocycles. The van der Waals surface area contributed by atoms with Crippen LogP contribution in [0, 0.1) is 0 Å². The maximum absolute atomic E-state index is 12.1. The molecule has 0 spiro atoms. The molecule has 0 aliphatic carbocycles. The number of likely N-dealkylation sites (tertiary alicyclic amines) is 1. The second-order valence-electron chi connectivity index (χ2n) is 7.73. The van der Waals surface area contributed by atoms with E-state index in [9.17, 15) is 9.59 Å². The van der Waals surface area contributed by atoms with Gasteiger partial charge >= 0.3 is 12.1 Å². The van der Waals surface area contributed by atoms with Crippen LogP contribution >= 0.6 is 0 Å². The van der Waals surface area contributed by atoms with Crippen molar-refractivity contribution in [2.45, 2.75) is 109 Å². The summed E-state index contributed by atoms with van der Waals surface area (Å²) in [6.07, 6.45) is 18.0. The Labute approximate surface area is 166 Å². The molecule has 27 heavy (non-hydrogen) atoms. The van der Waals surface area contributed by atoms with Crippen molar-refractivity contribution in [3.8, 4) is 0 Å². The largest absolute Gasteiger partial charge is 0.464 e. The van der Waals surface area contributed by atoms with Crippen LogP contribution in [0.15, 0.2) is 0 Å². The van der Waals surface area contributed by atoms with Crippen LogP contribution in [0.3, 0.4) is 0 Å². The topological polar surface area (TPSA) is 55.8 Å². The summed E-state index contributed by atoms with van der Waals surface area (Å²) in [5.41, 5.74) is 0. The first-order chi connectivity index (χ1) is 13.2. The van der Waals surface area contributed by atoms with E-state index >= 15 is 0 Å². The molecule has 1 atom stereocenters. The van der Waals surface area contributed by atoms with Crippen LogP contribution in [0.4, 0.5) is 4.79 Å². The van der Waals surface area contributed by atoms with E-state index in [1.54, 1.807) is 0 Å². The molecule has 0 radical (unpaired) electrons. The van der Waals surface area contributed by atoms with Gasteiger partial charge in [-0.15, -0.1) is 0 Å². The summed E-state index contributed by atoms with van der Waals surface area (Å²) in [6, 6.07) is -0.459. The lowest BCUT2D eigenvalue weighted by molar-refractivity contribution is -0.148. The van der Waals surface area contributed by atoms with Gasteiger partial charge < -0.3 is 9.47 Å². The molecule has 0 aromatic heterocycles. The molecule has 5 heteroatoms. The molecule has 1 aliphatic heterocycles. The van der Waals surface area contributed by atoms with Crippen LogP contribution in [0.2, 0.25) is 0 Å². The zero-order valence-corrected chi connectivity index (χ0v) is 17.7. The highest BCUT2D eigenvalue weighted by Crippen LogP contribution is 2.19. The van der Waals surface area contributed by atoms with Crippen LogP contribution in [0.1, 0.15) is 103 Å². The second-order valence-corrected chi connectivity index (χ2v) is 7.73. The molecule has 1 fully saturated rings. The van der Waals surface area contributed by atoms with Gasteiger partial charge in [-0.3, -0.25) is 4.90 Å². The third kappa shape index (κ3) is 10.6. The fraction of sp³-hybridized carbons (Fsp3) is 0.909. The molecule has 0 saturated carbocycles. The van der Waals surface area contributed by atoms with Gasteiger partial charge in [-0.25, -0.2) is 9.59 Å². The van der Waals surface area contributed by atoms with Crippen molar-refractivity contribution in [3.05, 3.63) is 0 Å². The number of esters is 1. The number of carbonyl (C=O) groups excluding carboxylic acids is 2. The van der Waals surface area contributed by atoms with Crippen LogP contribution in [0.25, 0.3) is 0 Å². The molecule has 1 rings (SSSR count). The molecular weight excluding hydrogens is 342 g/mol. The molecular formula is C22H41NO4. The first-order valence-electron chi connectivity index (χ1n) is 11.2. The van der Waals surface area contributed by atoms with Crippen molar-refractivity contribution >= 4 is 12.1 Å². The predicted octanol–water partition coefficient (Wildman–Crippen LogP) is 5.85. The smallest absolute Gasteiger partial charge is 0.410 e. The Balaban J connectivity index is 1.90. The van der Waals surface area contributed by atoms with Gasteiger partial charge in [0.1, 0.15) is 6.04 Å². The van der Waals surface area contributed by atoms with E-state index in [4.69, 9.17) is 9.47 Å². The standard InChI is InChI=1S/C22H41NO4/c1-3-4-5-6-7-8-9-10-11-12-13-14-15-19-27-21(24)20-17-16-18-23(20)22(25)26-2/h20H,3-19H2,1-2H3/t20-/m0/s1. The molecule has 1 heterocycles. The number of carbonyl (C=O) groups is 2. The van der Waals surface area contributed by atoms with E-state index < -0.39 is 12.1 Å². The quantitative estimate of drug-likeness (QED) is 0.263. The predicted molar refractivity (Wildman–Crippen MR) is 109 cm³/mol. The zero-order chi connectivity index (χ0) is 19.7. The van der Waals surface area contributed by atoms with Crippen LogP contribution < -0.4 is 0 Å². The molecule has 0 N–H and O–H groups in total. The Morgan fingerprint density at radius 3 is 1.89 bits per heavy atom. The first-order valence-corrected chi connectivity index (χ1v) is 11.2. The molecule has 0 unspecified atom stereocenters. The van der Waals surface area contributed by atoms with Gasteiger partial charge in [-0.1, -0.05) is 84.0 Å². The number of nitrogens with zero attached hydrogens (tertiary/aromatic N) is 1. The maximum atomic E-state index is 12.1. The number of rotatable bonds is 15. The fourth-order valence-corrected chi connectivity index (χ4v) is 3.74. The van der Waals surface area contributed by atoms with Crippen molar-refractivity contribution < 1.29 is 19.1 Å². The van der Waals surface area contributed by atoms with Crippen molar-refractivity contribution in [2.75, 3.05) is 20.3 Å². The second kappa shape index (κ2) is 15.8. The lowest BCUT2D eigenvalue weighted by Gasteiger charge is -2.21. The lowest BCUT2D eigenvalue weighted by atomic mass is 10.0. The summed E-state index contributed by atoms with van der Waals surface area (Å²) in [5, 5.41) is 0. The Morgan fingerprint density at radius 2 is 1.37 bits per heavy atom. The van der Waals surface area contributed by atoms with Gasteiger partial charge in [0.25, 0.3) is 0 Å². The minimum absolute atomic E-state index is 0.281. The number of methoxy groups -OCH3 is 1. The number of hydrogen-bond acceptors (Lipinski definition) is 4. The Morgan fingerprint density at radius 1 is 0.852 bits per heavy atom. The highest BCUT2D eigenvalue weighted by Gasteiger charge is 2.35. The normalized spacial score (nSPS) is 16.5. The Kier molecular flexibility index (Phi) is 13.9. The molecule has 1 aliphatic rings. The highest BCUT2D eigenvalue weighted by atomic mass is 16.6. The Bertz CT molecular complexity index is 400. The molecule has 5 nitrogen and oxygen atoms in total. The van der Waals surface area contributed by atoms with E-state index in [1.807, 2.05) is 0 Å². The minimum atomic E-state index is -0.459. The van der Waals surface area contributed by atoms with E-state index in [0.717, 1.165) is 19.3 Å². The van der Waals surface area contributed by atoms with Crippen LogP contribution in [-0.2, 0) is 14.3 Å². The van der Waals surface area contributed by atoms with Crippen molar-refractivity contribution in [2.24, 2.45) is 0 Å². The first kappa shape index (κ1) is 23.8. The van der Waals surface area contributed by atoms with Crippen LogP contribution in [-0.4, -0.2) is 43.3 Å². The molecule has 158 valence electrons. The van der Waals surface area contributed by atoms with E-state index in [-0.39, 0.29) is 5.97 Å². The summed E-state index contributed by atoms with van der Waals surface area (Å²) in [7, 11) is 1.34. The van der Waals surface area contributed by atoms with Gasteiger partial charge in [-0.2, -0.15) is 0 Å². The molecule has 1 amide bonds. The van der Waals surface area contributed by atoms with Crippen LogP contribution in [0.5, 0.6) is 0 Å². The lowest BCUT2D eigenvalue weighted by Crippen LogP contribution is -2.41. The number of hydrogen-bond donors (Lipinski definition) is 0. The molecule has 0 aromatic rings. The average Bonchev–Trinajstić information content (AvgIpc) is 3.17. The molecule has 0 aromatic carbocycles. The highest BCUT2D eigenvalue weighted by molar-refractivity contribution is 5.82. The zero-order valence-electron chi connectivity index (χ0n) is 17.7. The monoisotopic (exact) mass is 383 g/mol. The fourth-order valence-electron chi connectivity index (χ4n) is 3.74. The van der Waals surface area contributed by atoms with Crippen molar-refractivity contribution in [1.29, 1.82) is 0 Å². The number of unbranched alkanes of at least 4 members (excludes halogenated alkanes) is 12. The average molecular weight is 384 g/mol. The van der Waals surface area contributed by atoms with Gasteiger partial charge in [0.15, 0.2) is 0 Å². The van der Waals surface area contributed by atoms with Gasteiger partial charge in [0.05, 0.1) is 13.7 Å². The number of ether oxygens (including phenoxy) is 2. The third-order valence-corrected chi connectivity index (χ3v) is 5.43. The minimum Gasteiger partial charge on any atom is -0.464 e. The summed E-state index contributed by atoms with van der Waals surface area (Å²) < 4.78 is 10.1. The molecule has 0 bridgehead atoms. The van der Waals surface area contributed by atoms with Gasteiger partial charge in [0.2, 0.25) is 0 Å². The maximum Gasteiger partial charge on any atom is 0.410 e. The van der Waals surface area contributed by atoms with Gasteiger partial charge in [0, 0.05) is 6.54 Å². The summed E-state index contributed by atoms with van der Waals surface area (Å²) in [6.45, 7) is 3.30. The van der Waals surface area contributed by atoms with Gasteiger partial charge in [-0.05, 0) is 19.3 Å². The van der Waals surface area contributed by atoms with Crippen molar-refractivity contribution in [3.63, 3.8) is 0 Å². The van der Waals surface area contributed by atoms with Crippen molar-refractivity contribution in [1.82, 2.24) is 4.90 Å².